The monoisotopic (exact) mass is 305 g/mol. The fraction of sp³-hybridized carbons (Fsp3) is 0.267. The lowest BCUT2D eigenvalue weighted by atomic mass is 10.1. The quantitative estimate of drug-likeness (QED) is 0.795. The third-order valence-electron chi connectivity index (χ3n) is 2.96. The molecule has 0 saturated carbocycles. The lowest BCUT2D eigenvalue weighted by Crippen LogP contribution is -2.18. The third-order valence-corrected chi connectivity index (χ3v) is 3.32. The SMILES string of the molecule is COC(=O)c1ccc(Cl)c(CN(C)Cc2cnccn2)c1. The Morgan fingerprint density at radius 2 is 2.14 bits per heavy atom. The van der Waals surface area contributed by atoms with Crippen LogP contribution in [0.1, 0.15) is 21.6 Å². The molecule has 2 rings (SSSR count). The van der Waals surface area contributed by atoms with E-state index in [2.05, 4.69) is 9.97 Å². The highest BCUT2D eigenvalue weighted by atomic mass is 35.5. The van der Waals surface area contributed by atoms with E-state index in [1.165, 1.54) is 7.11 Å². The normalized spacial score (nSPS) is 10.7. The predicted molar refractivity (Wildman–Crippen MR) is 80.0 cm³/mol. The van der Waals surface area contributed by atoms with Gasteiger partial charge in [0.1, 0.15) is 0 Å². The second-order valence-electron chi connectivity index (χ2n) is 4.67. The van der Waals surface area contributed by atoms with Crippen molar-refractivity contribution in [2.45, 2.75) is 13.1 Å². The predicted octanol–water partition coefficient (Wildman–Crippen LogP) is 2.55. The van der Waals surface area contributed by atoms with Crippen molar-refractivity contribution in [3.63, 3.8) is 0 Å². The van der Waals surface area contributed by atoms with Crippen molar-refractivity contribution in [3.05, 3.63) is 58.6 Å². The van der Waals surface area contributed by atoms with Crippen LogP contribution in [0.15, 0.2) is 36.8 Å². The van der Waals surface area contributed by atoms with Crippen LogP contribution >= 0.6 is 11.6 Å². The molecule has 1 heterocycles. The molecule has 1 aromatic carbocycles. The molecule has 2 aromatic rings. The molecule has 0 amide bonds. The first kappa shape index (κ1) is 15.4. The number of aromatic nitrogens is 2. The van der Waals surface area contributed by atoms with Crippen LogP contribution in [0.5, 0.6) is 0 Å². The smallest absolute Gasteiger partial charge is 0.337 e. The molecule has 0 spiro atoms. The van der Waals surface area contributed by atoms with E-state index in [4.69, 9.17) is 16.3 Å². The van der Waals surface area contributed by atoms with E-state index in [0.717, 1.165) is 11.3 Å². The average Bonchev–Trinajstić information content (AvgIpc) is 2.49. The van der Waals surface area contributed by atoms with Gasteiger partial charge in [-0.05, 0) is 30.8 Å². The van der Waals surface area contributed by atoms with E-state index in [0.29, 0.717) is 23.7 Å². The van der Waals surface area contributed by atoms with Crippen LogP contribution in [-0.2, 0) is 17.8 Å². The molecule has 1 aromatic heterocycles. The van der Waals surface area contributed by atoms with Crippen LogP contribution in [-0.4, -0.2) is 35.0 Å². The number of rotatable bonds is 5. The maximum atomic E-state index is 11.6. The summed E-state index contributed by atoms with van der Waals surface area (Å²) in [7, 11) is 3.31. The van der Waals surface area contributed by atoms with Gasteiger partial charge in [0, 0.05) is 36.7 Å². The number of hydrogen-bond donors (Lipinski definition) is 0. The number of benzene rings is 1. The van der Waals surface area contributed by atoms with E-state index in [1.54, 1.807) is 36.8 Å². The molecule has 0 aliphatic heterocycles. The minimum atomic E-state index is -0.371. The summed E-state index contributed by atoms with van der Waals surface area (Å²) in [6.45, 7) is 1.24. The highest BCUT2D eigenvalue weighted by Crippen LogP contribution is 2.20. The molecule has 5 nitrogen and oxygen atoms in total. The van der Waals surface area contributed by atoms with Crippen LogP contribution in [0.4, 0.5) is 0 Å². The van der Waals surface area contributed by atoms with Crippen molar-refractivity contribution in [2.75, 3.05) is 14.2 Å². The van der Waals surface area contributed by atoms with Gasteiger partial charge in [-0.15, -0.1) is 0 Å². The fourth-order valence-corrected chi connectivity index (χ4v) is 2.15. The summed E-state index contributed by atoms with van der Waals surface area (Å²) in [6.07, 6.45) is 5.03. The van der Waals surface area contributed by atoms with Crippen molar-refractivity contribution < 1.29 is 9.53 Å². The van der Waals surface area contributed by atoms with Crippen LogP contribution in [0.3, 0.4) is 0 Å². The molecule has 0 unspecified atom stereocenters. The molecule has 0 fully saturated rings. The highest BCUT2D eigenvalue weighted by Gasteiger charge is 2.11. The molecular weight excluding hydrogens is 290 g/mol. The maximum absolute atomic E-state index is 11.6. The molecule has 0 atom stereocenters. The van der Waals surface area contributed by atoms with Crippen molar-refractivity contribution in [1.29, 1.82) is 0 Å². The Kier molecular flexibility index (Phi) is 5.25. The van der Waals surface area contributed by atoms with Gasteiger partial charge >= 0.3 is 5.97 Å². The number of halogens is 1. The van der Waals surface area contributed by atoms with Crippen LogP contribution < -0.4 is 0 Å². The zero-order chi connectivity index (χ0) is 15.2. The topological polar surface area (TPSA) is 55.3 Å². The number of carbonyl (C=O) groups excluding carboxylic acids is 1. The average molecular weight is 306 g/mol. The highest BCUT2D eigenvalue weighted by molar-refractivity contribution is 6.31. The van der Waals surface area contributed by atoms with Crippen LogP contribution in [0, 0.1) is 0 Å². The summed E-state index contributed by atoms with van der Waals surface area (Å²) in [4.78, 5) is 21.9. The van der Waals surface area contributed by atoms with E-state index < -0.39 is 0 Å². The summed E-state index contributed by atoms with van der Waals surface area (Å²) in [6, 6.07) is 5.11. The van der Waals surface area contributed by atoms with Gasteiger partial charge in [-0.25, -0.2) is 4.79 Å². The fourth-order valence-electron chi connectivity index (χ4n) is 1.98. The number of nitrogens with zero attached hydrogens (tertiary/aromatic N) is 3. The molecule has 0 bridgehead atoms. The first-order valence-electron chi connectivity index (χ1n) is 6.40. The summed E-state index contributed by atoms with van der Waals surface area (Å²) in [5, 5.41) is 0.619. The molecular formula is C15H16ClN3O2. The van der Waals surface area contributed by atoms with Gasteiger partial charge < -0.3 is 4.74 Å². The third kappa shape index (κ3) is 4.24. The van der Waals surface area contributed by atoms with Crippen molar-refractivity contribution >= 4 is 17.6 Å². The number of carbonyl (C=O) groups is 1. The molecule has 0 aliphatic carbocycles. The van der Waals surface area contributed by atoms with Gasteiger partial charge in [0.2, 0.25) is 0 Å². The largest absolute Gasteiger partial charge is 0.465 e. The number of hydrogen-bond acceptors (Lipinski definition) is 5. The Morgan fingerprint density at radius 3 is 2.81 bits per heavy atom. The molecule has 110 valence electrons. The Labute approximate surface area is 128 Å². The van der Waals surface area contributed by atoms with Crippen molar-refractivity contribution in [1.82, 2.24) is 14.9 Å². The zero-order valence-electron chi connectivity index (χ0n) is 11.9. The Hall–Kier alpha value is -1.98. The summed E-state index contributed by atoms with van der Waals surface area (Å²) < 4.78 is 4.72. The molecule has 0 radical (unpaired) electrons. The lowest BCUT2D eigenvalue weighted by molar-refractivity contribution is 0.0600. The number of esters is 1. The minimum Gasteiger partial charge on any atom is -0.465 e. The molecule has 21 heavy (non-hydrogen) atoms. The second kappa shape index (κ2) is 7.15. The van der Waals surface area contributed by atoms with Crippen molar-refractivity contribution in [3.8, 4) is 0 Å². The van der Waals surface area contributed by atoms with E-state index >= 15 is 0 Å². The first-order chi connectivity index (χ1) is 10.1. The summed E-state index contributed by atoms with van der Waals surface area (Å²) >= 11 is 6.18. The summed E-state index contributed by atoms with van der Waals surface area (Å²) in [5.74, 6) is -0.371. The first-order valence-corrected chi connectivity index (χ1v) is 6.78. The molecule has 6 heteroatoms. The van der Waals surface area contributed by atoms with E-state index in [9.17, 15) is 4.79 Å². The van der Waals surface area contributed by atoms with Gasteiger partial charge in [-0.2, -0.15) is 0 Å². The Bertz CT molecular complexity index is 620. The van der Waals surface area contributed by atoms with Crippen molar-refractivity contribution in [2.24, 2.45) is 0 Å². The lowest BCUT2D eigenvalue weighted by Gasteiger charge is -2.17. The van der Waals surface area contributed by atoms with E-state index in [1.807, 2.05) is 11.9 Å². The molecule has 0 aliphatic rings. The second-order valence-corrected chi connectivity index (χ2v) is 5.07. The van der Waals surface area contributed by atoms with Gasteiger partial charge in [0.25, 0.3) is 0 Å². The number of methoxy groups -OCH3 is 1. The zero-order valence-corrected chi connectivity index (χ0v) is 12.7. The maximum Gasteiger partial charge on any atom is 0.337 e. The van der Waals surface area contributed by atoms with E-state index in [-0.39, 0.29) is 5.97 Å². The van der Waals surface area contributed by atoms with Gasteiger partial charge in [-0.1, -0.05) is 11.6 Å². The Balaban J connectivity index is 2.09. The standard InChI is InChI=1S/C15H16ClN3O2/c1-19(10-13-8-17-5-6-18-13)9-12-7-11(15(20)21-2)3-4-14(12)16/h3-8H,9-10H2,1-2H3. The van der Waals surface area contributed by atoms with Crippen LogP contribution in [0.2, 0.25) is 5.02 Å². The van der Waals surface area contributed by atoms with Gasteiger partial charge in [0.05, 0.1) is 18.4 Å². The van der Waals surface area contributed by atoms with Crippen LogP contribution in [0.25, 0.3) is 0 Å². The van der Waals surface area contributed by atoms with Gasteiger partial charge in [-0.3, -0.25) is 14.9 Å². The number of ether oxygens (including phenoxy) is 1. The Morgan fingerprint density at radius 1 is 1.33 bits per heavy atom. The molecule has 0 N–H and O–H groups in total. The summed E-state index contributed by atoms with van der Waals surface area (Å²) in [5.41, 5.74) is 2.23. The molecule has 0 saturated heterocycles. The van der Waals surface area contributed by atoms with Gasteiger partial charge in [0.15, 0.2) is 0 Å². The minimum absolute atomic E-state index is 0.371.